The normalized spacial score (nSPS) is 11.2. The fourth-order valence-electron chi connectivity index (χ4n) is 1.65. The van der Waals surface area contributed by atoms with Gasteiger partial charge in [0, 0.05) is 30.9 Å². The molecule has 0 aliphatic heterocycles. The van der Waals surface area contributed by atoms with E-state index in [9.17, 15) is 0 Å². The molecule has 0 aliphatic rings. The summed E-state index contributed by atoms with van der Waals surface area (Å²) in [6.45, 7) is 4.98. The Labute approximate surface area is 110 Å². The van der Waals surface area contributed by atoms with Crippen LogP contribution in [-0.4, -0.2) is 33.4 Å². The number of methoxy groups -OCH3 is 2. The number of nitrogens with two attached hydrogens (primary N) is 1. The van der Waals surface area contributed by atoms with Crippen molar-refractivity contribution >= 4 is 5.69 Å². The molecule has 0 radical (unpaired) electrons. The van der Waals surface area contributed by atoms with Crippen LogP contribution < -0.4 is 20.1 Å². The standard InChI is InChI=1S/C14H24N2O2/c1-14(2,15)8-9-16(3)11-6-7-12(17-4)13(10-11)18-5/h6-7,10H,8-9,15H2,1-5H3. The number of nitrogens with zero attached hydrogens (tertiary/aromatic N) is 1. The first-order valence-corrected chi connectivity index (χ1v) is 6.09. The van der Waals surface area contributed by atoms with Crippen LogP contribution in [0.15, 0.2) is 18.2 Å². The van der Waals surface area contributed by atoms with E-state index < -0.39 is 0 Å². The summed E-state index contributed by atoms with van der Waals surface area (Å²) >= 11 is 0. The van der Waals surface area contributed by atoms with Crippen LogP contribution in [0, 0.1) is 0 Å². The van der Waals surface area contributed by atoms with Gasteiger partial charge in [-0.1, -0.05) is 0 Å². The van der Waals surface area contributed by atoms with Gasteiger partial charge < -0.3 is 20.1 Å². The predicted octanol–water partition coefficient (Wildman–Crippen LogP) is 2.27. The average Bonchev–Trinajstić information content (AvgIpc) is 2.34. The van der Waals surface area contributed by atoms with Crippen molar-refractivity contribution in [1.82, 2.24) is 0 Å². The Morgan fingerprint density at radius 2 is 1.78 bits per heavy atom. The second kappa shape index (κ2) is 5.96. The number of benzene rings is 1. The maximum Gasteiger partial charge on any atom is 0.162 e. The van der Waals surface area contributed by atoms with E-state index in [0.717, 1.165) is 30.2 Å². The Balaban J connectivity index is 2.77. The van der Waals surface area contributed by atoms with Crippen molar-refractivity contribution < 1.29 is 9.47 Å². The van der Waals surface area contributed by atoms with Gasteiger partial charge >= 0.3 is 0 Å². The zero-order chi connectivity index (χ0) is 13.8. The molecule has 18 heavy (non-hydrogen) atoms. The first-order chi connectivity index (χ1) is 8.37. The van der Waals surface area contributed by atoms with Crippen LogP contribution in [-0.2, 0) is 0 Å². The van der Waals surface area contributed by atoms with Crippen molar-refractivity contribution in [3.8, 4) is 11.5 Å². The number of hydrogen-bond acceptors (Lipinski definition) is 4. The summed E-state index contributed by atoms with van der Waals surface area (Å²) in [5.74, 6) is 1.49. The summed E-state index contributed by atoms with van der Waals surface area (Å²) < 4.78 is 10.5. The van der Waals surface area contributed by atoms with E-state index >= 15 is 0 Å². The zero-order valence-electron chi connectivity index (χ0n) is 12.0. The second-order valence-corrected chi connectivity index (χ2v) is 5.20. The molecule has 0 aromatic heterocycles. The van der Waals surface area contributed by atoms with Gasteiger partial charge in [-0.15, -0.1) is 0 Å². The van der Waals surface area contributed by atoms with Gasteiger partial charge in [-0.2, -0.15) is 0 Å². The molecule has 0 aliphatic carbocycles. The van der Waals surface area contributed by atoms with Gasteiger partial charge in [0.25, 0.3) is 0 Å². The molecular formula is C14H24N2O2. The summed E-state index contributed by atoms with van der Waals surface area (Å²) in [6, 6.07) is 5.91. The number of ether oxygens (including phenoxy) is 2. The molecule has 0 fully saturated rings. The van der Waals surface area contributed by atoms with E-state index in [4.69, 9.17) is 15.2 Å². The quantitative estimate of drug-likeness (QED) is 0.843. The lowest BCUT2D eigenvalue weighted by Gasteiger charge is -2.25. The molecule has 0 amide bonds. The van der Waals surface area contributed by atoms with Crippen molar-refractivity contribution in [2.45, 2.75) is 25.8 Å². The second-order valence-electron chi connectivity index (χ2n) is 5.20. The van der Waals surface area contributed by atoms with Crippen LogP contribution in [0.5, 0.6) is 11.5 Å². The Morgan fingerprint density at radius 1 is 1.17 bits per heavy atom. The van der Waals surface area contributed by atoms with E-state index in [0.29, 0.717) is 0 Å². The van der Waals surface area contributed by atoms with E-state index in [1.165, 1.54) is 0 Å². The maximum absolute atomic E-state index is 5.99. The molecule has 4 nitrogen and oxygen atoms in total. The summed E-state index contributed by atoms with van der Waals surface area (Å²) in [5.41, 5.74) is 6.94. The van der Waals surface area contributed by atoms with E-state index in [1.54, 1.807) is 14.2 Å². The molecular weight excluding hydrogens is 228 g/mol. The fraction of sp³-hybridized carbons (Fsp3) is 0.571. The molecule has 0 bridgehead atoms. The molecule has 0 unspecified atom stereocenters. The predicted molar refractivity (Wildman–Crippen MR) is 75.7 cm³/mol. The van der Waals surface area contributed by atoms with Crippen molar-refractivity contribution in [2.75, 3.05) is 32.7 Å². The van der Waals surface area contributed by atoms with Gasteiger partial charge in [0.15, 0.2) is 11.5 Å². The van der Waals surface area contributed by atoms with Crippen LogP contribution in [0.4, 0.5) is 5.69 Å². The summed E-state index contributed by atoms with van der Waals surface area (Å²) in [4.78, 5) is 2.16. The highest BCUT2D eigenvalue weighted by molar-refractivity contribution is 5.56. The Morgan fingerprint density at radius 3 is 2.28 bits per heavy atom. The topological polar surface area (TPSA) is 47.7 Å². The Hall–Kier alpha value is -1.42. The minimum Gasteiger partial charge on any atom is -0.493 e. The lowest BCUT2D eigenvalue weighted by atomic mass is 10.0. The molecule has 1 aromatic rings. The summed E-state index contributed by atoms with van der Waals surface area (Å²) in [7, 11) is 5.33. The smallest absolute Gasteiger partial charge is 0.162 e. The molecule has 102 valence electrons. The van der Waals surface area contributed by atoms with E-state index in [1.807, 2.05) is 39.1 Å². The van der Waals surface area contributed by atoms with Crippen LogP contribution in [0.2, 0.25) is 0 Å². The third-order valence-electron chi connectivity index (χ3n) is 2.90. The highest BCUT2D eigenvalue weighted by Crippen LogP contribution is 2.31. The fourth-order valence-corrected chi connectivity index (χ4v) is 1.65. The van der Waals surface area contributed by atoms with Crippen LogP contribution in [0.1, 0.15) is 20.3 Å². The number of rotatable bonds is 6. The van der Waals surface area contributed by atoms with Crippen LogP contribution in [0.3, 0.4) is 0 Å². The molecule has 2 N–H and O–H groups in total. The molecule has 0 heterocycles. The van der Waals surface area contributed by atoms with E-state index in [-0.39, 0.29) is 5.54 Å². The summed E-state index contributed by atoms with van der Waals surface area (Å²) in [5, 5.41) is 0. The molecule has 1 rings (SSSR count). The molecule has 1 aromatic carbocycles. The molecule has 0 spiro atoms. The zero-order valence-corrected chi connectivity index (χ0v) is 12.0. The number of hydrogen-bond donors (Lipinski definition) is 1. The molecule has 0 saturated carbocycles. The molecule has 4 heteroatoms. The minimum absolute atomic E-state index is 0.148. The average molecular weight is 252 g/mol. The van der Waals surface area contributed by atoms with Gasteiger partial charge in [-0.25, -0.2) is 0 Å². The van der Waals surface area contributed by atoms with Crippen molar-refractivity contribution in [3.63, 3.8) is 0 Å². The van der Waals surface area contributed by atoms with E-state index in [2.05, 4.69) is 4.90 Å². The van der Waals surface area contributed by atoms with Gasteiger partial charge in [0.2, 0.25) is 0 Å². The Kier molecular flexibility index (Phi) is 4.84. The summed E-state index contributed by atoms with van der Waals surface area (Å²) in [6.07, 6.45) is 0.928. The SMILES string of the molecule is COc1ccc(N(C)CCC(C)(C)N)cc1OC. The lowest BCUT2D eigenvalue weighted by Crippen LogP contribution is -2.36. The van der Waals surface area contributed by atoms with Crippen molar-refractivity contribution in [3.05, 3.63) is 18.2 Å². The Bertz CT molecular complexity index is 386. The molecule has 0 atom stereocenters. The lowest BCUT2D eigenvalue weighted by molar-refractivity contribution is 0.355. The van der Waals surface area contributed by atoms with Gasteiger partial charge in [-0.3, -0.25) is 0 Å². The monoisotopic (exact) mass is 252 g/mol. The highest BCUT2D eigenvalue weighted by atomic mass is 16.5. The van der Waals surface area contributed by atoms with Gasteiger partial charge in [0.05, 0.1) is 14.2 Å². The third-order valence-corrected chi connectivity index (χ3v) is 2.90. The van der Waals surface area contributed by atoms with Crippen LogP contribution >= 0.6 is 0 Å². The third kappa shape index (κ3) is 4.11. The maximum atomic E-state index is 5.99. The largest absolute Gasteiger partial charge is 0.493 e. The van der Waals surface area contributed by atoms with Crippen molar-refractivity contribution in [2.24, 2.45) is 5.73 Å². The molecule has 0 saturated heterocycles. The first-order valence-electron chi connectivity index (χ1n) is 6.09. The minimum atomic E-state index is -0.148. The highest BCUT2D eigenvalue weighted by Gasteiger charge is 2.13. The van der Waals surface area contributed by atoms with Crippen LogP contribution in [0.25, 0.3) is 0 Å². The van der Waals surface area contributed by atoms with Crippen molar-refractivity contribution in [1.29, 1.82) is 0 Å². The van der Waals surface area contributed by atoms with Gasteiger partial charge in [-0.05, 0) is 32.4 Å². The van der Waals surface area contributed by atoms with Gasteiger partial charge in [0.1, 0.15) is 0 Å². The number of anilines is 1. The first kappa shape index (κ1) is 14.6.